The Morgan fingerprint density at radius 2 is 2.06 bits per heavy atom. The minimum atomic E-state index is 0.0654. The van der Waals surface area contributed by atoms with Crippen LogP contribution in [-0.2, 0) is 0 Å². The lowest BCUT2D eigenvalue weighted by Crippen LogP contribution is -2.13. The van der Waals surface area contributed by atoms with E-state index in [-0.39, 0.29) is 5.91 Å². The van der Waals surface area contributed by atoms with Gasteiger partial charge in [0.1, 0.15) is 5.52 Å². The third-order valence-corrected chi connectivity index (χ3v) is 3.83. The smallest absolute Gasteiger partial charge is 0.248 e. The Bertz CT molecular complexity index is 555. The first-order chi connectivity index (χ1) is 8.84. The second-order valence-corrected chi connectivity index (χ2v) is 5.07. The van der Waals surface area contributed by atoms with E-state index < -0.39 is 0 Å². The summed E-state index contributed by atoms with van der Waals surface area (Å²) in [4.78, 5) is 12.1. The maximum atomic E-state index is 12.1. The molecule has 18 heavy (non-hydrogen) atoms. The summed E-state index contributed by atoms with van der Waals surface area (Å²) in [5, 5.41) is 7.97. The molecule has 0 unspecified atom stereocenters. The lowest BCUT2D eigenvalue weighted by atomic mass is 10.0. The van der Waals surface area contributed by atoms with Gasteiger partial charge in [-0.15, -0.1) is 5.10 Å². The highest BCUT2D eigenvalue weighted by molar-refractivity contribution is 5.88. The molecule has 1 aliphatic rings. The van der Waals surface area contributed by atoms with Crippen molar-refractivity contribution in [2.75, 3.05) is 0 Å². The topological polar surface area (TPSA) is 47.8 Å². The van der Waals surface area contributed by atoms with E-state index in [0.29, 0.717) is 6.42 Å². The summed E-state index contributed by atoms with van der Waals surface area (Å²) >= 11 is 0. The first-order valence-corrected chi connectivity index (χ1v) is 6.68. The highest BCUT2D eigenvalue weighted by Gasteiger charge is 2.18. The van der Waals surface area contributed by atoms with E-state index in [4.69, 9.17) is 0 Å². The third-order valence-electron chi connectivity index (χ3n) is 3.83. The van der Waals surface area contributed by atoms with Gasteiger partial charge in [0.25, 0.3) is 0 Å². The Balaban J connectivity index is 1.71. The molecule has 94 valence electrons. The zero-order chi connectivity index (χ0) is 12.4. The first-order valence-electron chi connectivity index (χ1n) is 6.68. The number of nitrogens with zero attached hydrogens (tertiary/aromatic N) is 3. The van der Waals surface area contributed by atoms with Crippen molar-refractivity contribution < 1.29 is 4.79 Å². The molecule has 0 amide bonds. The highest BCUT2D eigenvalue weighted by Crippen LogP contribution is 2.28. The number of benzene rings is 1. The average molecular weight is 243 g/mol. The van der Waals surface area contributed by atoms with Crippen molar-refractivity contribution in [1.29, 1.82) is 0 Å². The summed E-state index contributed by atoms with van der Waals surface area (Å²) in [5.74, 6) is 0.805. The minimum absolute atomic E-state index is 0.0654. The van der Waals surface area contributed by atoms with Crippen LogP contribution in [0.4, 0.5) is 0 Å². The molecule has 0 saturated heterocycles. The number of carbonyl (C=O) groups is 1. The molecule has 0 atom stereocenters. The summed E-state index contributed by atoms with van der Waals surface area (Å²) in [5.41, 5.74) is 1.60. The SMILES string of the molecule is O=C(CCC1CCCC1)n1nnc2ccccc21. The molecule has 1 aromatic heterocycles. The van der Waals surface area contributed by atoms with Gasteiger partial charge in [-0.25, -0.2) is 0 Å². The molecule has 0 spiro atoms. The van der Waals surface area contributed by atoms with Crippen LogP contribution in [0, 0.1) is 5.92 Å². The van der Waals surface area contributed by atoms with Crippen molar-refractivity contribution >= 4 is 16.9 Å². The second kappa shape index (κ2) is 4.88. The van der Waals surface area contributed by atoms with Gasteiger partial charge in [0.2, 0.25) is 5.91 Å². The van der Waals surface area contributed by atoms with Crippen molar-refractivity contribution in [2.45, 2.75) is 38.5 Å². The Morgan fingerprint density at radius 1 is 1.28 bits per heavy atom. The molecule has 0 radical (unpaired) electrons. The van der Waals surface area contributed by atoms with E-state index in [1.807, 2.05) is 24.3 Å². The molecule has 3 rings (SSSR count). The Labute approximate surface area is 106 Å². The predicted octanol–water partition coefficient (Wildman–Crippen LogP) is 3.04. The van der Waals surface area contributed by atoms with Gasteiger partial charge in [-0.2, -0.15) is 4.68 Å². The van der Waals surface area contributed by atoms with Crippen LogP contribution in [0.1, 0.15) is 43.3 Å². The van der Waals surface area contributed by atoms with Gasteiger partial charge in [-0.3, -0.25) is 4.79 Å². The van der Waals surface area contributed by atoms with Gasteiger partial charge < -0.3 is 0 Å². The molecule has 4 nitrogen and oxygen atoms in total. The first kappa shape index (κ1) is 11.4. The van der Waals surface area contributed by atoms with E-state index in [1.165, 1.54) is 30.4 Å². The molecule has 1 saturated carbocycles. The molecule has 1 fully saturated rings. The van der Waals surface area contributed by atoms with Crippen LogP contribution in [0.5, 0.6) is 0 Å². The van der Waals surface area contributed by atoms with Crippen LogP contribution in [0.15, 0.2) is 24.3 Å². The highest BCUT2D eigenvalue weighted by atomic mass is 16.2. The third kappa shape index (κ3) is 2.15. The fraction of sp³-hybridized carbons (Fsp3) is 0.500. The largest absolute Gasteiger partial charge is 0.273 e. The van der Waals surface area contributed by atoms with Gasteiger partial charge in [-0.05, 0) is 24.5 Å². The van der Waals surface area contributed by atoms with Crippen LogP contribution in [0.2, 0.25) is 0 Å². The molecule has 4 heteroatoms. The normalized spacial score (nSPS) is 16.4. The van der Waals surface area contributed by atoms with E-state index in [0.717, 1.165) is 23.4 Å². The Hall–Kier alpha value is -1.71. The van der Waals surface area contributed by atoms with Gasteiger partial charge >= 0.3 is 0 Å². The van der Waals surface area contributed by atoms with Gasteiger partial charge in [0.05, 0.1) is 5.52 Å². The Kier molecular flexibility index (Phi) is 3.09. The minimum Gasteiger partial charge on any atom is -0.273 e. The van der Waals surface area contributed by atoms with Crippen LogP contribution < -0.4 is 0 Å². The molecule has 1 heterocycles. The van der Waals surface area contributed by atoms with Crippen molar-refractivity contribution in [3.05, 3.63) is 24.3 Å². The zero-order valence-corrected chi connectivity index (χ0v) is 10.4. The van der Waals surface area contributed by atoms with Crippen molar-refractivity contribution in [3.8, 4) is 0 Å². The molecule has 2 aromatic rings. The zero-order valence-electron chi connectivity index (χ0n) is 10.4. The maximum absolute atomic E-state index is 12.1. The van der Waals surface area contributed by atoms with Crippen LogP contribution in [0.25, 0.3) is 11.0 Å². The second-order valence-electron chi connectivity index (χ2n) is 5.07. The summed E-state index contributed by atoms with van der Waals surface area (Å²) in [6.45, 7) is 0. The van der Waals surface area contributed by atoms with Crippen molar-refractivity contribution in [2.24, 2.45) is 5.92 Å². The predicted molar refractivity (Wildman–Crippen MR) is 69.3 cm³/mol. The number of para-hydroxylation sites is 1. The number of rotatable bonds is 3. The summed E-state index contributed by atoms with van der Waals surface area (Å²) in [6, 6.07) is 7.59. The van der Waals surface area contributed by atoms with E-state index >= 15 is 0 Å². The number of hydrogen-bond donors (Lipinski definition) is 0. The van der Waals surface area contributed by atoms with Crippen LogP contribution in [0.3, 0.4) is 0 Å². The number of aromatic nitrogens is 3. The van der Waals surface area contributed by atoms with Gasteiger partial charge in [-0.1, -0.05) is 43.0 Å². The molecular weight excluding hydrogens is 226 g/mol. The number of fused-ring (bicyclic) bond motifs is 1. The summed E-state index contributed by atoms with van der Waals surface area (Å²) in [7, 11) is 0. The maximum Gasteiger partial charge on any atom is 0.248 e. The van der Waals surface area contributed by atoms with Crippen LogP contribution in [-0.4, -0.2) is 20.9 Å². The Morgan fingerprint density at radius 3 is 2.89 bits per heavy atom. The lowest BCUT2D eigenvalue weighted by Gasteiger charge is -2.07. The fourth-order valence-electron chi connectivity index (χ4n) is 2.79. The number of hydrogen-bond acceptors (Lipinski definition) is 3. The molecule has 0 N–H and O–H groups in total. The fourth-order valence-corrected chi connectivity index (χ4v) is 2.79. The summed E-state index contributed by atoms with van der Waals surface area (Å²) in [6.07, 6.45) is 6.79. The monoisotopic (exact) mass is 243 g/mol. The lowest BCUT2D eigenvalue weighted by molar-refractivity contribution is 0.0880. The standard InChI is InChI=1S/C14H17N3O/c18-14(10-9-11-5-1-2-6-11)17-13-8-4-3-7-12(13)15-16-17/h3-4,7-8,11H,1-2,5-6,9-10H2. The van der Waals surface area contributed by atoms with Gasteiger partial charge in [0.15, 0.2) is 0 Å². The van der Waals surface area contributed by atoms with Crippen LogP contribution >= 0.6 is 0 Å². The molecule has 1 aromatic carbocycles. The van der Waals surface area contributed by atoms with E-state index in [9.17, 15) is 4.79 Å². The molecule has 1 aliphatic carbocycles. The van der Waals surface area contributed by atoms with E-state index in [1.54, 1.807) is 0 Å². The van der Waals surface area contributed by atoms with Gasteiger partial charge in [0, 0.05) is 6.42 Å². The van der Waals surface area contributed by atoms with E-state index in [2.05, 4.69) is 10.3 Å². The average Bonchev–Trinajstić information content (AvgIpc) is 3.05. The summed E-state index contributed by atoms with van der Waals surface area (Å²) < 4.78 is 1.45. The van der Waals surface area contributed by atoms with Crippen molar-refractivity contribution in [1.82, 2.24) is 15.0 Å². The number of carbonyl (C=O) groups excluding carboxylic acids is 1. The van der Waals surface area contributed by atoms with Crippen molar-refractivity contribution in [3.63, 3.8) is 0 Å². The quantitative estimate of drug-likeness (QED) is 0.832. The molecular formula is C14H17N3O. The molecule has 0 bridgehead atoms. The molecule has 0 aliphatic heterocycles.